The van der Waals surface area contributed by atoms with Gasteiger partial charge in [-0.15, -0.1) is 0 Å². The van der Waals surface area contributed by atoms with E-state index in [1.807, 2.05) is 0 Å². The Morgan fingerprint density at radius 2 is 2.00 bits per heavy atom. The summed E-state index contributed by atoms with van der Waals surface area (Å²) in [6.45, 7) is 2.98. The Kier molecular flexibility index (Phi) is 3.30. The maximum Gasteiger partial charge on any atom is 0.183 e. The Morgan fingerprint density at radius 3 is 2.36 bits per heavy atom. The highest BCUT2D eigenvalue weighted by atomic mass is 16.7. The van der Waals surface area contributed by atoms with Crippen molar-refractivity contribution >= 4 is 0 Å². The lowest BCUT2D eigenvalue weighted by Crippen LogP contribution is -2.33. The fourth-order valence-corrected chi connectivity index (χ4v) is 1.43. The second kappa shape index (κ2) is 4.04. The number of methoxy groups -OCH3 is 2. The third-order valence-corrected chi connectivity index (χ3v) is 2.18. The Balaban J connectivity index is 2.43. The van der Waals surface area contributed by atoms with Crippen molar-refractivity contribution in [3.63, 3.8) is 0 Å². The number of rotatable bonds is 3. The summed E-state index contributed by atoms with van der Waals surface area (Å²) < 4.78 is 15.7. The molecule has 2 unspecified atom stereocenters. The van der Waals surface area contributed by atoms with Crippen molar-refractivity contribution in [1.82, 2.24) is 0 Å². The Morgan fingerprint density at radius 1 is 1.36 bits per heavy atom. The first-order chi connectivity index (χ1) is 5.29. The fraction of sp³-hybridized carbons (Fsp3) is 1.00. The van der Waals surface area contributed by atoms with Gasteiger partial charge >= 0.3 is 0 Å². The van der Waals surface area contributed by atoms with Gasteiger partial charge < -0.3 is 14.2 Å². The molecule has 0 spiro atoms. The van der Waals surface area contributed by atoms with E-state index in [9.17, 15) is 0 Å². The van der Waals surface area contributed by atoms with E-state index in [1.165, 1.54) is 0 Å². The molecule has 0 aromatic carbocycles. The van der Waals surface area contributed by atoms with E-state index in [0.717, 1.165) is 13.0 Å². The van der Waals surface area contributed by atoms with Gasteiger partial charge in [0.15, 0.2) is 6.29 Å². The smallest absolute Gasteiger partial charge is 0.183 e. The first-order valence-corrected chi connectivity index (χ1v) is 3.96. The molecule has 3 heteroatoms. The third-order valence-electron chi connectivity index (χ3n) is 2.18. The van der Waals surface area contributed by atoms with Crippen LogP contribution < -0.4 is 0 Å². The van der Waals surface area contributed by atoms with Crippen LogP contribution in [0.25, 0.3) is 0 Å². The predicted octanol–water partition coefficient (Wildman–Crippen LogP) is 1.03. The van der Waals surface area contributed by atoms with Gasteiger partial charge in [-0.05, 0) is 12.3 Å². The van der Waals surface area contributed by atoms with Crippen molar-refractivity contribution in [1.29, 1.82) is 0 Å². The van der Waals surface area contributed by atoms with Crippen LogP contribution in [0.1, 0.15) is 13.3 Å². The van der Waals surface area contributed by atoms with Gasteiger partial charge in [0.05, 0.1) is 0 Å². The minimum Gasteiger partial charge on any atom is -0.373 e. The van der Waals surface area contributed by atoms with Crippen molar-refractivity contribution < 1.29 is 14.2 Å². The summed E-state index contributed by atoms with van der Waals surface area (Å²) in [6, 6.07) is 0. The van der Waals surface area contributed by atoms with E-state index < -0.39 is 0 Å². The molecular weight excluding hydrogens is 144 g/mol. The molecule has 1 aliphatic rings. The first kappa shape index (κ1) is 8.97. The summed E-state index contributed by atoms with van der Waals surface area (Å²) >= 11 is 0. The molecule has 0 N–H and O–H groups in total. The quantitative estimate of drug-likeness (QED) is 0.577. The molecule has 2 atom stereocenters. The van der Waals surface area contributed by atoms with Crippen LogP contribution in [0.3, 0.4) is 0 Å². The fourth-order valence-electron chi connectivity index (χ4n) is 1.43. The van der Waals surface area contributed by atoms with Crippen molar-refractivity contribution in [2.24, 2.45) is 5.92 Å². The molecule has 0 saturated carbocycles. The number of hydrogen-bond acceptors (Lipinski definition) is 3. The van der Waals surface area contributed by atoms with E-state index in [1.54, 1.807) is 14.2 Å². The molecular formula is C8H16O3. The summed E-state index contributed by atoms with van der Waals surface area (Å²) in [4.78, 5) is 0. The van der Waals surface area contributed by atoms with Gasteiger partial charge in [0.2, 0.25) is 0 Å². The Hall–Kier alpha value is -0.120. The summed E-state index contributed by atoms with van der Waals surface area (Å²) in [5.41, 5.74) is 0. The van der Waals surface area contributed by atoms with Crippen LogP contribution >= 0.6 is 0 Å². The summed E-state index contributed by atoms with van der Waals surface area (Å²) in [6.07, 6.45) is 1.02. The van der Waals surface area contributed by atoms with Gasteiger partial charge in [-0.1, -0.05) is 6.92 Å². The summed E-state index contributed by atoms with van der Waals surface area (Å²) in [7, 11) is 3.28. The van der Waals surface area contributed by atoms with Crippen LogP contribution in [0.4, 0.5) is 0 Å². The topological polar surface area (TPSA) is 27.7 Å². The van der Waals surface area contributed by atoms with Gasteiger partial charge in [-0.3, -0.25) is 0 Å². The lowest BCUT2D eigenvalue weighted by atomic mass is 10.0. The van der Waals surface area contributed by atoms with Crippen LogP contribution in [0.15, 0.2) is 0 Å². The maximum atomic E-state index is 5.46. The van der Waals surface area contributed by atoms with Gasteiger partial charge in [0.25, 0.3) is 0 Å². The molecule has 11 heavy (non-hydrogen) atoms. The molecule has 0 aromatic rings. The molecule has 0 radical (unpaired) electrons. The first-order valence-electron chi connectivity index (χ1n) is 3.96. The zero-order chi connectivity index (χ0) is 8.27. The summed E-state index contributed by atoms with van der Waals surface area (Å²) in [5, 5.41) is 0. The van der Waals surface area contributed by atoms with Gasteiger partial charge in [0.1, 0.15) is 6.10 Å². The largest absolute Gasteiger partial charge is 0.373 e. The SMILES string of the molecule is COC(OC)C1OCCC1C. The van der Waals surface area contributed by atoms with Crippen LogP contribution in [0.5, 0.6) is 0 Å². The second-order valence-corrected chi connectivity index (χ2v) is 2.94. The highest BCUT2D eigenvalue weighted by molar-refractivity contribution is 4.75. The van der Waals surface area contributed by atoms with Crippen molar-refractivity contribution in [3.8, 4) is 0 Å². The van der Waals surface area contributed by atoms with E-state index >= 15 is 0 Å². The summed E-state index contributed by atoms with van der Waals surface area (Å²) in [5.74, 6) is 0.542. The van der Waals surface area contributed by atoms with Crippen LogP contribution in [-0.2, 0) is 14.2 Å². The molecule has 0 amide bonds. The normalized spacial score (nSPS) is 31.6. The van der Waals surface area contributed by atoms with Crippen LogP contribution in [0, 0.1) is 5.92 Å². The molecule has 1 heterocycles. The molecule has 1 aliphatic heterocycles. The van der Waals surface area contributed by atoms with Crippen molar-refractivity contribution in [2.45, 2.75) is 25.7 Å². The monoisotopic (exact) mass is 160 g/mol. The van der Waals surface area contributed by atoms with E-state index in [4.69, 9.17) is 14.2 Å². The van der Waals surface area contributed by atoms with Crippen molar-refractivity contribution in [3.05, 3.63) is 0 Å². The Labute approximate surface area is 67.6 Å². The molecule has 1 fully saturated rings. The highest BCUT2D eigenvalue weighted by Crippen LogP contribution is 2.24. The third kappa shape index (κ3) is 1.92. The molecule has 1 rings (SSSR count). The maximum absolute atomic E-state index is 5.46. The van der Waals surface area contributed by atoms with Gasteiger partial charge in [0, 0.05) is 20.8 Å². The zero-order valence-electron chi connectivity index (χ0n) is 7.37. The zero-order valence-corrected chi connectivity index (χ0v) is 7.37. The lowest BCUT2D eigenvalue weighted by Gasteiger charge is -2.22. The molecule has 3 nitrogen and oxygen atoms in total. The molecule has 0 aromatic heterocycles. The lowest BCUT2D eigenvalue weighted by molar-refractivity contribution is -0.175. The molecule has 0 aliphatic carbocycles. The standard InChI is InChI=1S/C8H16O3/c1-6-4-5-11-7(6)8(9-2)10-3/h6-8H,4-5H2,1-3H3. The van der Waals surface area contributed by atoms with E-state index in [0.29, 0.717) is 5.92 Å². The second-order valence-electron chi connectivity index (χ2n) is 2.94. The average Bonchev–Trinajstić information content (AvgIpc) is 2.40. The minimum absolute atomic E-state index is 0.116. The highest BCUT2D eigenvalue weighted by Gasteiger charge is 2.32. The van der Waals surface area contributed by atoms with Crippen molar-refractivity contribution in [2.75, 3.05) is 20.8 Å². The van der Waals surface area contributed by atoms with Gasteiger partial charge in [-0.25, -0.2) is 0 Å². The van der Waals surface area contributed by atoms with Gasteiger partial charge in [-0.2, -0.15) is 0 Å². The number of hydrogen-bond donors (Lipinski definition) is 0. The average molecular weight is 160 g/mol. The molecule has 1 saturated heterocycles. The van der Waals surface area contributed by atoms with Crippen LogP contribution in [0.2, 0.25) is 0 Å². The molecule has 66 valence electrons. The predicted molar refractivity (Wildman–Crippen MR) is 41.3 cm³/mol. The van der Waals surface area contributed by atoms with Crippen LogP contribution in [-0.4, -0.2) is 33.2 Å². The molecule has 0 bridgehead atoms. The Bertz CT molecular complexity index is 112. The van der Waals surface area contributed by atoms with E-state index in [-0.39, 0.29) is 12.4 Å². The minimum atomic E-state index is -0.201. The number of ether oxygens (including phenoxy) is 3. The van der Waals surface area contributed by atoms with E-state index in [2.05, 4.69) is 6.92 Å².